The number of carbonyl (C=O) groups excluding carboxylic acids is 2. The molecule has 0 radical (unpaired) electrons. The first-order chi connectivity index (χ1) is 15.5. The van der Waals surface area contributed by atoms with Gasteiger partial charge in [0.2, 0.25) is 0 Å². The van der Waals surface area contributed by atoms with E-state index in [4.69, 9.17) is 10.2 Å². The number of hydrogen-bond acceptors (Lipinski definition) is 12. The van der Waals surface area contributed by atoms with Gasteiger partial charge in [-0.1, -0.05) is 19.3 Å². The standard InChI is InChI=1S/C19H38N2O12/c22-8-10(24)12(26)14(28)16(30)18(32)20-6-4-2-1-3-5-7-21-19(33)17(31)15(29)13(27)11(25)9-23/h10-17,22-31H,1-9H2,(H,20,32)(H,21,33)/t10-,11-,12-,13-,14+,15+,16-,17-/m1/s1. The Kier molecular flexibility index (Phi) is 16.3. The molecular weight excluding hydrogens is 448 g/mol. The average molecular weight is 487 g/mol. The number of amides is 2. The predicted molar refractivity (Wildman–Crippen MR) is 111 cm³/mol. The molecule has 0 spiro atoms. The Morgan fingerprint density at radius 3 is 1.12 bits per heavy atom. The second kappa shape index (κ2) is 17.0. The second-order valence-electron chi connectivity index (χ2n) is 7.70. The summed E-state index contributed by atoms with van der Waals surface area (Å²) in [5.41, 5.74) is 0. The van der Waals surface area contributed by atoms with Crippen LogP contribution in [0.25, 0.3) is 0 Å². The summed E-state index contributed by atoms with van der Waals surface area (Å²) in [5.74, 6) is -1.88. The van der Waals surface area contributed by atoms with Crippen LogP contribution in [0.4, 0.5) is 0 Å². The number of aliphatic hydroxyl groups is 10. The maximum absolute atomic E-state index is 11.7. The van der Waals surface area contributed by atoms with E-state index in [2.05, 4.69) is 10.6 Å². The number of carbonyl (C=O) groups is 2. The molecule has 0 aliphatic carbocycles. The average Bonchev–Trinajstić information content (AvgIpc) is 2.83. The third-order valence-electron chi connectivity index (χ3n) is 5.00. The number of unbranched alkanes of at least 4 members (excludes halogenated alkanes) is 4. The van der Waals surface area contributed by atoms with Crippen LogP contribution in [0.3, 0.4) is 0 Å². The molecule has 0 aromatic rings. The van der Waals surface area contributed by atoms with Crippen LogP contribution in [0, 0.1) is 0 Å². The monoisotopic (exact) mass is 486 g/mol. The van der Waals surface area contributed by atoms with Gasteiger partial charge in [0.1, 0.15) is 36.6 Å². The summed E-state index contributed by atoms with van der Waals surface area (Å²) in [7, 11) is 0. The minimum atomic E-state index is -1.98. The molecule has 8 atom stereocenters. The minimum Gasteiger partial charge on any atom is -0.394 e. The Labute approximate surface area is 191 Å². The van der Waals surface area contributed by atoms with E-state index < -0.39 is 73.9 Å². The third kappa shape index (κ3) is 11.5. The van der Waals surface area contributed by atoms with Crippen LogP contribution in [0.5, 0.6) is 0 Å². The largest absolute Gasteiger partial charge is 0.394 e. The smallest absolute Gasteiger partial charge is 0.251 e. The van der Waals surface area contributed by atoms with E-state index in [1.54, 1.807) is 0 Å². The number of aliphatic hydroxyl groups excluding tert-OH is 10. The Hall–Kier alpha value is -1.46. The van der Waals surface area contributed by atoms with Crippen molar-refractivity contribution in [3.8, 4) is 0 Å². The van der Waals surface area contributed by atoms with Crippen molar-refractivity contribution in [3.63, 3.8) is 0 Å². The third-order valence-corrected chi connectivity index (χ3v) is 5.00. The van der Waals surface area contributed by atoms with Crippen LogP contribution in [-0.2, 0) is 9.59 Å². The predicted octanol–water partition coefficient (Wildman–Crippen LogP) is -5.96. The molecule has 12 N–H and O–H groups in total. The fraction of sp³-hybridized carbons (Fsp3) is 0.895. The van der Waals surface area contributed by atoms with Crippen LogP contribution >= 0.6 is 0 Å². The first kappa shape index (κ1) is 31.5. The lowest BCUT2D eigenvalue weighted by molar-refractivity contribution is -0.149. The van der Waals surface area contributed by atoms with Crippen molar-refractivity contribution in [2.75, 3.05) is 26.3 Å². The van der Waals surface area contributed by atoms with E-state index in [-0.39, 0.29) is 13.1 Å². The first-order valence-electron chi connectivity index (χ1n) is 10.7. The SMILES string of the molecule is O=C(NCCCCCCCNC(=O)[C@H](O)[C@@H](O)[C@H](O)[C@H](O)CO)[C@H](O)[C@@H](O)[C@H](O)[C@H](O)CO. The lowest BCUT2D eigenvalue weighted by Crippen LogP contribution is -2.51. The van der Waals surface area contributed by atoms with Gasteiger partial charge < -0.3 is 61.7 Å². The lowest BCUT2D eigenvalue weighted by atomic mass is 10.0. The zero-order valence-corrected chi connectivity index (χ0v) is 18.3. The number of nitrogens with one attached hydrogen (secondary N) is 2. The fourth-order valence-corrected chi connectivity index (χ4v) is 2.77. The van der Waals surface area contributed by atoms with Crippen molar-refractivity contribution < 1.29 is 60.7 Å². The van der Waals surface area contributed by atoms with Crippen molar-refractivity contribution in [2.24, 2.45) is 0 Å². The topological polar surface area (TPSA) is 260 Å². The summed E-state index contributed by atoms with van der Waals surface area (Å²) < 4.78 is 0. The van der Waals surface area contributed by atoms with Gasteiger partial charge in [0, 0.05) is 13.1 Å². The highest BCUT2D eigenvalue weighted by atomic mass is 16.4. The molecule has 0 unspecified atom stereocenters. The maximum atomic E-state index is 11.7. The van der Waals surface area contributed by atoms with E-state index >= 15 is 0 Å². The summed E-state index contributed by atoms with van der Waals surface area (Å²) in [4.78, 5) is 23.5. The van der Waals surface area contributed by atoms with E-state index in [0.717, 1.165) is 6.42 Å². The van der Waals surface area contributed by atoms with E-state index in [1.807, 2.05) is 0 Å². The summed E-state index contributed by atoms with van der Waals surface area (Å²) in [5, 5.41) is 98.1. The molecule has 2 amide bonds. The van der Waals surface area contributed by atoms with Gasteiger partial charge in [-0.25, -0.2) is 0 Å². The zero-order valence-electron chi connectivity index (χ0n) is 18.3. The number of hydrogen-bond donors (Lipinski definition) is 12. The normalized spacial score (nSPS) is 19.0. The summed E-state index contributed by atoms with van der Waals surface area (Å²) >= 11 is 0. The first-order valence-corrected chi connectivity index (χ1v) is 10.7. The highest BCUT2D eigenvalue weighted by molar-refractivity contribution is 5.81. The Bertz CT molecular complexity index is 509. The van der Waals surface area contributed by atoms with Gasteiger partial charge in [-0.05, 0) is 12.8 Å². The van der Waals surface area contributed by atoms with Gasteiger partial charge in [-0.15, -0.1) is 0 Å². The quantitative estimate of drug-likeness (QED) is 0.0808. The van der Waals surface area contributed by atoms with Gasteiger partial charge in [0.15, 0.2) is 12.2 Å². The molecule has 0 aliphatic rings. The molecule has 0 fully saturated rings. The van der Waals surface area contributed by atoms with Crippen molar-refractivity contribution in [1.82, 2.24) is 10.6 Å². The highest BCUT2D eigenvalue weighted by Crippen LogP contribution is 2.07. The molecule has 196 valence electrons. The van der Waals surface area contributed by atoms with Gasteiger partial charge in [-0.3, -0.25) is 9.59 Å². The lowest BCUT2D eigenvalue weighted by Gasteiger charge is -2.25. The number of rotatable bonds is 18. The van der Waals surface area contributed by atoms with Crippen LogP contribution in [0.15, 0.2) is 0 Å². The Morgan fingerprint density at radius 2 is 0.818 bits per heavy atom. The van der Waals surface area contributed by atoms with Gasteiger partial charge in [0.25, 0.3) is 11.8 Å². The van der Waals surface area contributed by atoms with Crippen molar-refractivity contribution in [3.05, 3.63) is 0 Å². The van der Waals surface area contributed by atoms with E-state index in [0.29, 0.717) is 25.7 Å². The molecular formula is C19H38N2O12. The van der Waals surface area contributed by atoms with E-state index in [9.17, 15) is 50.4 Å². The molecule has 0 saturated heterocycles. The zero-order chi connectivity index (χ0) is 25.6. The molecule has 0 bridgehead atoms. The summed E-state index contributed by atoms with van der Waals surface area (Å²) in [6.45, 7) is -1.33. The molecule has 0 saturated carbocycles. The van der Waals surface area contributed by atoms with Crippen LogP contribution < -0.4 is 10.6 Å². The van der Waals surface area contributed by atoms with Crippen LogP contribution in [0.2, 0.25) is 0 Å². The molecule has 0 aromatic heterocycles. The van der Waals surface area contributed by atoms with E-state index in [1.165, 1.54) is 0 Å². The van der Waals surface area contributed by atoms with Gasteiger partial charge >= 0.3 is 0 Å². The molecule has 14 nitrogen and oxygen atoms in total. The Morgan fingerprint density at radius 1 is 0.515 bits per heavy atom. The fourth-order valence-electron chi connectivity index (χ4n) is 2.77. The maximum Gasteiger partial charge on any atom is 0.251 e. The summed E-state index contributed by atoms with van der Waals surface area (Å²) in [6, 6.07) is 0. The van der Waals surface area contributed by atoms with Crippen molar-refractivity contribution in [2.45, 2.75) is 80.9 Å². The van der Waals surface area contributed by atoms with Gasteiger partial charge in [0.05, 0.1) is 13.2 Å². The second-order valence-corrected chi connectivity index (χ2v) is 7.70. The molecule has 33 heavy (non-hydrogen) atoms. The Balaban J connectivity index is 3.93. The van der Waals surface area contributed by atoms with Crippen LogP contribution in [0.1, 0.15) is 32.1 Å². The minimum absolute atomic E-state index is 0.185. The van der Waals surface area contributed by atoms with Gasteiger partial charge in [-0.2, -0.15) is 0 Å². The highest BCUT2D eigenvalue weighted by Gasteiger charge is 2.34. The van der Waals surface area contributed by atoms with Crippen molar-refractivity contribution >= 4 is 11.8 Å². The molecule has 0 heterocycles. The molecule has 0 aliphatic heterocycles. The molecule has 14 heteroatoms. The summed E-state index contributed by atoms with van der Waals surface area (Å²) in [6.07, 6.45) is -11.9. The van der Waals surface area contributed by atoms with Crippen molar-refractivity contribution in [1.29, 1.82) is 0 Å². The molecule has 0 aromatic carbocycles. The molecule has 0 rings (SSSR count). The van der Waals surface area contributed by atoms with Crippen LogP contribution in [-0.4, -0.2) is 138 Å².